The van der Waals surface area contributed by atoms with Gasteiger partial charge in [-0.3, -0.25) is 0 Å². The largest absolute Gasteiger partial charge is 0.339 e. The second kappa shape index (κ2) is 6.12. The molecule has 0 aliphatic heterocycles. The number of nitrogens with one attached hydrogen (secondary N) is 3. The number of nitrogens with zero attached hydrogens (tertiary/aromatic N) is 2. The minimum absolute atomic E-state index is 0.0683. The summed E-state index contributed by atoms with van der Waals surface area (Å²) in [5.74, 6) is 0.949. The van der Waals surface area contributed by atoms with E-state index in [2.05, 4.69) is 24.8 Å². The lowest BCUT2D eigenvalue weighted by Gasteiger charge is -2.10. The van der Waals surface area contributed by atoms with Crippen molar-refractivity contribution in [1.82, 2.24) is 24.8 Å². The molecule has 0 aliphatic carbocycles. The van der Waals surface area contributed by atoms with Crippen LogP contribution in [0.5, 0.6) is 0 Å². The second-order valence-corrected chi connectivity index (χ2v) is 8.47. The van der Waals surface area contributed by atoms with E-state index in [1.807, 2.05) is 20.8 Å². The third kappa shape index (κ3) is 3.80. The molecule has 1 aromatic carbocycles. The lowest BCUT2D eigenvalue weighted by molar-refractivity contribution is 0.318. The molecule has 3 N–H and O–H groups in total. The molecule has 0 aliphatic rings. The van der Waals surface area contributed by atoms with E-state index in [-0.39, 0.29) is 22.5 Å². The van der Waals surface area contributed by atoms with Crippen LogP contribution in [0.15, 0.2) is 32.4 Å². The van der Waals surface area contributed by atoms with E-state index in [0.717, 1.165) is 0 Å². The Balaban J connectivity index is 1.68. The van der Waals surface area contributed by atoms with Crippen molar-refractivity contribution in [1.29, 1.82) is 0 Å². The first-order valence-electron chi connectivity index (χ1n) is 7.70. The highest BCUT2D eigenvalue weighted by molar-refractivity contribution is 7.89. The summed E-state index contributed by atoms with van der Waals surface area (Å²) in [6.45, 7) is 5.99. The maximum Gasteiger partial charge on any atom is 0.323 e. The summed E-state index contributed by atoms with van der Waals surface area (Å²) >= 11 is 0. The molecule has 134 valence electrons. The molecule has 0 fully saturated rings. The first kappa shape index (κ1) is 17.4. The number of rotatable bonds is 5. The fourth-order valence-corrected chi connectivity index (χ4v) is 3.28. The van der Waals surface area contributed by atoms with Crippen LogP contribution in [-0.4, -0.2) is 35.1 Å². The SMILES string of the molecule is CC(C)(C)c1nc(CCNS(=O)(=O)c2ccc3[nH]c(=O)[nH]c3c2)no1. The van der Waals surface area contributed by atoms with Crippen molar-refractivity contribution in [2.24, 2.45) is 0 Å². The summed E-state index contributed by atoms with van der Waals surface area (Å²) in [4.78, 5) is 20.7. The molecule has 25 heavy (non-hydrogen) atoms. The standard InChI is InChI=1S/C15H19N5O4S/c1-15(2,3)13-19-12(20-24-13)6-7-16-25(22,23)9-4-5-10-11(8-9)18-14(21)17-10/h4-5,8,16H,6-7H2,1-3H3,(H2,17,18,21). The van der Waals surface area contributed by atoms with E-state index < -0.39 is 10.0 Å². The first-order chi connectivity index (χ1) is 11.6. The molecule has 2 heterocycles. The van der Waals surface area contributed by atoms with Crippen molar-refractivity contribution in [3.8, 4) is 0 Å². The molecule has 0 amide bonds. The smallest absolute Gasteiger partial charge is 0.323 e. The molecule has 0 saturated carbocycles. The number of hydrogen-bond donors (Lipinski definition) is 3. The zero-order valence-electron chi connectivity index (χ0n) is 14.1. The topological polar surface area (TPSA) is 134 Å². The van der Waals surface area contributed by atoms with Crippen LogP contribution >= 0.6 is 0 Å². The molecule has 0 atom stereocenters. The second-order valence-electron chi connectivity index (χ2n) is 6.70. The molecule has 0 saturated heterocycles. The molecule has 0 bridgehead atoms. The Morgan fingerprint density at radius 3 is 2.60 bits per heavy atom. The Morgan fingerprint density at radius 2 is 1.92 bits per heavy atom. The molecule has 3 aromatic rings. The van der Waals surface area contributed by atoms with E-state index in [1.165, 1.54) is 18.2 Å². The third-order valence-electron chi connectivity index (χ3n) is 3.55. The highest BCUT2D eigenvalue weighted by atomic mass is 32.2. The molecule has 0 unspecified atom stereocenters. The normalized spacial score (nSPS) is 12.8. The van der Waals surface area contributed by atoms with Crippen LogP contribution < -0.4 is 10.4 Å². The Hall–Kier alpha value is -2.46. The van der Waals surface area contributed by atoms with Crippen molar-refractivity contribution < 1.29 is 12.9 Å². The number of H-pyrrole nitrogens is 2. The van der Waals surface area contributed by atoms with Crippen molar-refractivity contribution in [3.05, 3.63) is 40.4 Å². The van der Waals surface area contributed by atoms with Gasteiger partial charge in [-0.2, -0.15) is 4.98 Å². The van der Waals surface area contributed by atoms with Gasteiger partial charge < -0.3 is 14.5 Å². The van der Waals surface area contributed by atoms with Crippen LogP contribution in [0.4, 0.5) is 0 Å². The van der Waals surface area contributed by atoms with Crippen LogP contribution in [0.1, 0.15) is 32.5 Å². The van der Waals surface area contributed by atoms with Gasteiger partial charge in [0.15, 0.2) is 5.82 Å². The maximum atomic E-state index is 12.4. The number of aromatic nitrogens is 4. The Bertz CT molecular complexity index is 1060. The van der Waals surface area contributed by atoms with E-state index >= 15 is 0 Å². The van der Waals surface area contributed by atoms with E-state index in [9.17, 15) is 13.2 Å². The number of benzene rings is 1. The van der Waals surface area contributed by atoms with Crippen LogP contribution in [0.25, 0.3) is 11.0 Å². The zero-order valence-corrected chi connectivity index (χ0v) is 14.9. The summed E-state index contributed by atoms with van der Waals surface area (Å²) in [5.41, 5.74) is 0.337. The molecule has 9 nitrogen and oxygen atoms in total. The average molecular weight is 365 g/mol. The van der Waals surface area contributed by atoms with Gasteiger partial charge in [-0.1, -0.05) is 25.9 Å². The third-order valence-corrected chi connectivity index (χ3v) is 5.01. The molecule has 10 heteroatoms. The fraction of sp³-hybridized carbons (Fsp3) is 0.400. The van der Waals surface area contributed by atoms with Crippen molar-refractivity contribution in [2.75, 3.05) is 6.54 Å². The monoisotopic (exact) mass is 365 g/mol. The van der Waals surface area contributed by atoms with Gasteiger partial charge in [0, 0.05) is 18.4 Å². The Kier molecular flexibility index (Phi) is 4.25. The first-order valence-corrected chi connectivity index (χ1v) is 9.18. The minimum atomic E-state index is -3.71. The van der Waals surface area contributed by atoms with Gasteiger partial charge in [0.25, 0.3) is 0 Å². The fourth-order valence-electron chi connectivity index (χ4n) is 2.22. The van der Waals surface area contributed by atoms with Crippen LogP contribution in [0.2, 0.25) is 0 Å². The van der Waals surface area contributed by atoms with E-state index in [4.69, 9.17) is 4.52 Å². The van der Waals surface area contributed by atoms with Crippen LogP contribution in [-0.2, 0) is 21.9 Å². The average Bonchev–Trinajstić information content (AvgIpc) is 3.11. The number of imidazole rings is 1. The highest BCUT2D eigenvalue weighted by Gasteiger charge is 2.22. The van der Waals surface area contributed by atoms with Crippen molar-refractivity contribution in [3.63, 3.8) is 0 Å². The predicted octanol–water partition coefficient (Wildman–Crippen LogP) is 1.06. The van der Waals surface area contributed by atoms with E-state index in [0.29, 0.717) is 29.2 Å². The van der Waals surface area contributed by atoms with Gasteiger partial charge >= 0.3 is 5.69 Å². The van der Waals surface area contributed by atoms with Crippen LogP contribution in [0.3, 0.4) is 0 Å². The number of sulfonamides is 1. The summed E-state index contributed by atoms with van der Waals surface area (Å²) in [6.07, 6.45) is 0.308. The molecular weight excluding hydrogens is 346 g/mol. The Labute approximate surface area is 143 Å². The number of aromatic amines is 2. The molecule has 0 radical (unpaired) electrons. The van der Waals surface area contributed by atoms with Gasteiger partial charge in [-0.05, 0) is 18.2 Å². The summed E-state index contributed by atoms with van der Waals surface area (Å²) in [5, 5.41) is 3.85. The van der Waals surface area contributed by atoms with Crippen LogP contribution in [0, 0.1) is 0 Å². The summed E-state index contributed by atoms with van der Waals surface area (Å²) < 4.78 is 32.4. The van der Waals surface area contributed by atoms with Crippen molar-refractivity contribution >= 4 is 21.1 Å². The quantitative estimate of drug-likeness (QED) is 0.619. The minimum Gasteiger partial charge on any atom is -0.339 e. The van der Waals surface area contributed by atoms with Gasteiger partial charge in [-0.25, -0.2) is 17.9 Å². The number of fused-ring (bicyclic) bond motifs is 1. The molecule has 3 rings (SSSR count). The van der Waals surface area contributed by atoms with E-state index in [1.54, 1.807) is 0 Å². The Morgan fingerprint density at radius 1 is 1.20 bits per heavy atom. The highest BCUT2D eigenvalue weighted by Crippen LogP contribution is 2.19. The summed E-state index contributed by atoms with van der Waals surface area (Å²) in [6, 6.07) is 4.37. The van der Waals surface area contributed by atoms with Gasteiger partial charge in [0.2, 0.25) is 15.9 Å². The lowest BCUT2D eigenvalue weighted by Crippen LogP contribution is -2.26. The van der Waals surface area contributed by atoms with Crippen molar-refractivity contribution in [2.45, 2.75) is 37.5 Å². The number of hydrogen-bond acceptors (Lipinski definition) is 6. The van der Waals surface area contributed by atoms with Gasteiger partial charge in [0.05, 0.1) is 15.9 Å². The molecule has 0 spiro atoms. The molecule has 2 aromatic heterocycles. The lowest BCUT2D eigenvalue weighted by atomic mass is 9.97. The zero-order chi connectivity index (χ0) is 18.2. The predicted molar refractivity (Wildman–Crippen MR) is 90.8 cm³/mol. The van der Waals surface area contributed by atoms with Gasteiger partial charge in [-0.15, -0.1) is 0 Å². The molecular formula is C15H19N5O4S. The maximum absolute atomic E-state index is 12.4. The van der Waals surface area contributed by atoms with Gasteiger partial charge in [0.1, 0.15) is 0 Å². The summed E-state index contributed by atoms with van der Waals surface area (Å²) in [7, 11) is -3.71.